The first kappa shape index (κ1) is 29.4. The molecule has 0 aliphatic heterocycles. The predicted octanol–water partition coefficient (Wildman–Crippen LogP) is 5.52. The van der Waals surface area contributed by atoms with Gasteiger partial charge in [0.15, 0.2) is 0 Å². The van der Waals surface area contributed by atoms with Crippen LogP contribution in [-0.2, 0) is 16.0 Å². The van der Waals surface area contributed by atoms with Crippen molar-refractivity contribution in [1.82, 2.24) is 24.8 Å². The van der Waals surface area contributed by atoms with Gasteiger partial charge in [0.2, 0.25) is 5.91 Å². The van der Waals surface area contributed by atoms with E-state index in [4.69, 9.17) is 16.3 Å². The predicted molar refractivity (Wildman–Crippen MR) is 163 cm³/mol. The van der Waals surface area contributed by atoms with E-state index in [9.17, 15) is 14.4 Å². The Labute approximate surface area is 252 Å². The fraction of sp³-hybridized carbons (Fsp3) is 0.188. The Hall–Kier alpha value is -5.09. The number of nitrogens with one attached hydrogen (secondary N) is 1. The molecule has 11 heteroatoms. The molecule has 0 saturated carbocycles. The number of rotatable bonds is 8. The van der Waals surface area contributed by atoms with E-state index in [0.29, 0.717) is 33.1 Å². The van der Waals surface area contributed by atoms with Crippen molar-refractivity contribution in [3.05, 3.63) is 124 Å². The van der Waals surface area contributed by atoms with E-state index < -0.39 is 17.6 Å². The number of anilines is 1. The molecule has 218 valence electrons. The van der Waals surface area contributed by atoms with Crippen molar-refractivity contribution >= 4 is 29.2 Å². The van der Waals surface area contributed by atoms with Crippen LogP contribution in [0.15, 0.2) is 102 Å². The third-order valence-corrected chi connectivity index (χ3v) is 6.75. The Balaban J connectivity index is 1.45. The first-order valence-electron chi connectivity index (χ1n) is 13.5. The molecule has 0 spiro atoms. The van der Waals surface area contributed by atoms with Gasteiger partial charge in [-0.1, -0.05) is 41.9 Å². The molecule has 2 aromatic heterocycles. The highest BCUT2D eigenvalue weighted by Gasteiger charge is 2.24. The second kappa shape index (κ2) is 12.4. The minimum atomic E-state index is -0.868. The minimum absolute atomic E-state index is 0.273. The normalized spacial score (nSPS) is 12.0. The molecule has 10 nitrogen and oxygen atoms in total. The molecule has 1 atom stereocenters. The van der Waals surface area contributed by atoms with Gasteiger partial charge >= 0.3 is 5.97 Å². The molecular weight excluding hydrogens is 568 g/mol. The van der Waals surface area contributed by atoms with Crippen LogP contribution < -0.4 is 10.9 Å². The number of pyridine rings is 1. The zero-order valence-corrected chi connectivity index (χ0v) is 24.5. The molecule has 0 aliphatic carbocycles. The fourth-order valence-electron chi connectivity index (χ4n) is 4.53. The molecule has 0 saturated heterocycles. The molecule has 0 aliphatic rings. The third kappa shape index (κ3) is 7.22. The summed E-state index contributed by atoms with van der Waals surface area (Å²) in [6, 6.07) is 23.4. The van der Waals surface area contributed by atoms with Crippen molar-refractivity contribution in [2.75, 3.05) is 5.32 Å². The van der Waals surface area contributed by atoms with Gasteiger partial charge in [-0.2, -0.15) is 4.68 Å². The average molecular weight is 597 g/mol. The van der Waals surface area contributed by atoms with Crippen LogP contribution >= 0.6 is 11.6 Å². The topological polar surface area (TPSA) is 121 Å². The molecule has 1 N–H and O–H groups in total. The molecule has 3 aromatic carbocycles. The van der Waals surface area contributed by atoms with Gasteiger partial charge in [-0.3, -0.25) is 9.59 Å². The highest BCUT2D eigenvalue weighted by Crippen LogP contribution is 2.29. The Bertz CT molecular complexity index is 1800. The van der Waals surface area contributed by atoms with Crippen molar-refractivity contribution in [3.63, 3.8) is 0 Å². The molecule has 1 amide bonds. The van der Waals surface area contributed by atoms with Gasteiger partial charge in [-0.05, 0) is 90.9 Å². The molecule has 5 rings (SSSR count). The minimum Gasteiger partial charge on any atom is -0.456 e. The van der Waals surface area contributed by atoms with Crippen LogP contribution in [0.5, 0.6) is 0 Å². The van der Waals surface area contributed by atoms with Crippen LogP contribution in [-0.4, -0.2) is 42.3 Å². The maximum Gasteiger partial charge on any atom is 0.338 e. The van der Waals surface area contributed by atoms with E-state index in [1.165, 1.54) is 21.6 Å². The van der Waals surface area contributed by atoms with Gasteiger partial charge in [0.05, 0.1) is 11.3 Å². The number of halogens is 1. The summed E-state index contributed by atoms with van der Waals surface area (Å²) in [6.45, 7) is 5.38. The van der Waals surface area contributed by atoms with Gasteiger partial charge in [0, 0.05) is 35.0 Å². The number of benzene rings is 3. The molecule has 0 fully saturated rings. The Kier molecular flexibility index (Phi) is 8.49. The lowest BCUT2D eigenvalue weighted by molar-refractivity contribution is -0.119. The first-order valence-corrected chi connectivity index (χ1v) is 13.9. The number of esters is 1. The van der Waals surface area contributed by atoms with Crippen LogP contribution in [0.1, 0.15) is 42.7 Å². The van der Waals surface area contributed by atoms with Gasteiger partial charge in [-0.15, -0.1) is 5.10 Å². The van der Waals surface area contributed by atoms with Crippen LogP contribution in [0.25, 0.3) is 16.8 Å². The SMILES string of the molecule is CC(C)(C)OC(=O)c1ccc(NC(=O)C(Cc2ccccc2)n2ccc(-c3cc(Cl)ccc3-n3cnnn3)cc2=O)cc1. The third-order valence-electron chi connectivity index (χ3n) is 6.51. The van der Waals surface area contributed by atoms with Gasteiger partial charge in [0.1, 0.15) is 18.0 Å². The van der Waals surface area contributed by atoms with Gasteiger partial charge in [0.25, 0.3) is 5.56 Å². The summed E-state index contributed by atoms with van der Waals surface area (Å²) in [5.41, 5.74) is 2.60. The summed E-state index contributed by atoms with van der Waals surface area (Å²) in [6.07, 6.45) is 3.32. The van der Waals surface area contributed by atoms with E-state index in [1.54, 1.807) is 75.5 Å². The Morgan fingerprint density at radius 3 is 2.37 bits per heavy atom. The number of ether oxygens (including phenoxy) is 1. The molecule has 1 unspecified atom stereocenters. The zero-order chi connectivity index (χ0) is 30.6. The van der Waals surface area contributed by atoms with E-state index in [1.807, 2.05) is 30.3 Å². The molecule has 0 bridgehead atoms. The van der Waals surface area contributed by atoms with Crippen molar-refractivity contribution in [2.24, 2.45) is 0 Å². The van der Waals surface area contributed by atoms with E-state index in [-0.39, 0.29) is 17.9 Å². The Morgan fingerprint density at radius 1 is 0.977 bits per heavy atom. The van der Waals surface area contributed by atoms with Crippen molar-refractivity contribution in [3.8, 4) is 16.8 Å². The van der Waals surface area contributed by atoms with Crippen LogP contribution in [0.3, 0.4) is 0 Å². The molecule has 0 radical (unpaired) electrons. The fourth-order valence-corrected chi connectivity index (χ4v) is 4.70. The second-order valence-electron chi connectivity index (χ2n) is 10.9. The van der Waals surface area contributed by atoms with Crippen LogP contribution in [0, 0.1) is 0 Å². The average Bonchev–Trinajstić information content (AvgIpc) is 3.51. The summed E-state index contributed by atoms with van der Waals surface area (Å²) < 4.78 is 8.30. The Morgan fingerprint density at radius 2 is 1.72 bits per heavy atom. The summed E-state index contributed by atoms with van der Waals surface area (Å²) in [5, 5.41) is 14.7. The second-order valence-corrected chi connectivity index (χ2v) is 11.3. The number of aromatic nitrogens is 5. The van der Waals surface area contributed by atoms with E-state index in [2.05, 4.69) is 20.8 Å². The van der Waals surface area contributed by atoms with Crippen molar-refractivity contribution in [1.29, 1.82) is 0 Å². The molecule has 5 aromatic rings. The number of carbonyl (C=O) groups excluding carboxylic acids is 2. The quantitative estimate of drug-likeness (QED) is 0.234. The zero-order valence-electron chi connectivity index (χ0n) is 23.8. The highest BCUT2D eigenvalue weighted by atomic mass is 35.5. The lowest BCUT2D eigenvalue weighted by Crippen LogP contribution is -2.34. The lowest BCUT2D eigenvalue weighted by atomic mass is 10.0. The molecular formula is C32H29ClN6O4. The summed E-state index contributed by atoms with van der Waals surface area (Å²) in [4.78, 5) is 39.6. The van der Waals surface area contributed by atoms with Gasteiger partial charge in [-0.25, -0.2) is 4.79 Å². The van der Waals surface area contributed by atoms with E-state index >= 15 is 0 Å². The molecule has 43 heavy (non-hydrogen) atoms. The monoisotopic (exact) mass is 596 g/mol. The standard InChI is InChI=1S/C32H29ClN6O4/c1-32(2,3)43-31(42)22-9-12-25(13-10-22)35-30(41)28(17-21-7-5-4-6-8-21)38-16-15-23(18-29(38)40)26-19-24(33)11-14-27(26)39-20-34-36-37-39/h4-16,18-20,28H,17H2,1-3H3,(H,35,41). The lowest BCUT2D eigenvalue weighted by Gasteiger charge is -2.21. The maximum atomic E-state index is 13.7. The number of carbonyl (C=O) groups is 2. The number of amides is 1. The number of tetrazole rings is 1. The summed E-state index contributed by atoms with van der Waals surface area (Å²) >= 11 is 6.29. The maximum absolute atomic E-state index is 13.7. The highest BCUT2D eigenvalue weighted by molar-refractivity contribution is 6.31. The van der Waals surface area contributed by atoms with E-state index in [0.717, 1.165) is 5.56 Å². The number of hydrogen-bond donors (Lipinski definition) is 1. The summed E-state index contributed by atoms with van der Waals surface area (Å²) in [7, 11) is 0. The van der Waals surface area contributed by atoms with Crippen molar-refractivity contribution in [2.45, 2.75) is 38.8 Å². The van der Waals surface area contributed by atoms with Crippen molar-refractivity contribution < 1.29 is 14.3 Å². The molecule has 2 heterocycles. The first-order chi connectivity index (χ1) is 20.6. The van der Waals surface area contributed by atoms with Crippen LogP contribution in [0.2, 0.25) is 5.02 Å². The van der Waals surface area contributed by atoms with Crippen LogP contribution in [0.4, 0.5) is 5.69 Å². The summed E-state index contributed by atoms with van der Waals surface area (Å²) in [5.74, 6) is -0.845. The number of nitrogens with zero attached hydrogens (tertiary/aromatic N) is 5. The largest absolute Gasteiger partial charge is 0.456 e. The van der Waals surface area contributed by atoms with Gasteiger partial charge < -0.3 is 14.6 Å². The smallest absolute Gasteiger partial charge is 0.338 e. The number of hydrogen-bond acceptors (Lipinski definition) is 7.